The molecule has 2 aromatic rings. The van der Waals surface area contributed by atoms with Crippen molar-refractivity contribution < 1.29 is 14.3 Å². The van der Waals surface area contributed by atoms with Gasteiger partial charge in [-0.1, -0.05) is 30.3 Å². The van der Waals surface area contributed by atoms with Crippen LogP contribution in [0.25, 0.3) is 0 Å². The van der Waals surface area contributed by atoms with Crippen molar-refractivity contribution in [3.05, 3.63) is 54.1 Å². The van der Waals surface area contributed by atoms with E-state index < -0.39 is 0 Å². The molecule has 1 saturated carbocycles. The zero-order valence-corrected chi connectivity index (χ0v) is 17.6. The lowest BCUT2D eigenvalue weighted by Gasteiger charge is -2.20. The molecule has 0 spiro atoms. The molecule has 0 bridgehead atoms. The van der Waals surface area contributed by atoms with Crippen LogP contribution in [0.2, 0.25) is 0 Å². The molecule has 0 heterocycles. The number of nitrogens with zero attached hydrogens (tertiary/aromatic N) is 1. The van der Waals surface area contributed by atoms with Crippen LogP contribution in [0.4, 0.5) is 5.69 Å². The van der Waals surface area contributed by atoms with E-state index in [2.05, 4.69) is 20.9 Å². The van der Waals surface area contributed by atoms with E-state index in [0.717, 1.165) is 35.6 Å². The number of aliphatic imine (C=N–C) groups is 1. The Morgan fingerprint density at radius 1 is 1.07 bits per heavy atom. The Labute approximate surface area is 177 Å². The molecule has 3 rings (SSSR count). The Bertz CT molecular complexity index is 849. The number of ether oxygens (including phenoxy) is 2. The second kappa shape index (κ2) is 11.1. The van der Waals surface area contributed by atoms with Gasteiger partial charge in [-0.05, 0) is 43.9 Å². The highest BCUT2D eigenvalue weighted by atomic mass is 16.5. The summed E-state index contributed by atoms with van der Waals surface area (Å²) in [6.45, 7) is 0.608. The SMILES string of the molecule is CN=C(NCC(=O)Nc1ccccc1)NCc1cccc(OC)c1OC1CCCC1. The highest BCUT2D eigenvalue weighted by molar-refractivity contribution is 5.94. The summed E-state index contributed by atoms with van der Waals surface area (Å²) in [5, 5.41) is 9.12. The maximum Gasteiger partial charge on any atom is 0.243 e. The predicted molar refractivity (Wildman–Crippen MR) is 119 cm³/mol. The number of hydrogen-bond acceptors (Lipinski definition) is 4. The van der Waals surface area contributed by atoms with Crippen molar-refractivity contribution >= 4 is 17.6 Å². The first-order valence-corrected chi connectivity index (χ1v) is 10.3. The summed E-state index contributed by atoms with van der Waals surface area (Å²) in [5.74, 6) is 1.90. The van der Waals surface area contributed by atoms with Crippen LogP contribution in [0.15, 0.2) is 53.5 Å². The number of methoxy groups -OCH3 is 1. The van der Waals surface area contributed by atoms with E-state index >= 15 is 0 Å². The van der Waals surface area contributed by atoms with Gasteiger partial charge in [0.15, 0.2) is 17.5 Å². The molecule has 7 nitrogen and oxygen atoms in total. The molecule has 3 N–H and O–H groups in total. The van der Waals surface area contributed by atoms with E-state index in [1.807, 2.05) is 48.5 Å². The average molecular weight is 411 g/mol. The van der Waals surface area contributed by atoms with Crippen molar-refractivity contribution in [3.8, 4) is 11.5 Å². The van der Waals surface area contributed by atoms with Gasteiger partial charge in [-0.25, -0.2) is 0 Å². The normalized spacial score (nSPS) is 14.3. The van der Waals surface area contributed by atoms with Gasteiger partial charge in [0.1, 0.15) is 0 Å². The first-order valence-electron chi connectivity index (χ1n) is 10.3. The summed E-state index contributed by atoms with van der Waals surface area (Å²) < 4.78 is 11.8. The van der Waals surface area contributed by atoms with Gasteiger partial charge in [0.05, 0.1) is 19.8 Å². The van der Waals surface area contributed by atoms with Crippen LogP contribution in [0.3, 0.4) is 0 Å². The third-order valence-corrected chi connectivity index (χ3v) is 5.01. The number of carbonyl (C=O) groups is 1. The number of para-hydroxylation sites is 2. The van der Waals surface area contributed by atoms with E-state index in [4.69, 9.17) is 9.47 Å². The zero-order valence-electron chi connectivity index (χ0n) is 17.6. The molecule has 7 heteroatoms. The second-order valence-corrected chi connectivity index (χ2v) is 7.17. The molecule has 160 valence electrons. The maximum absolute atomic E-state index is 12.1. The van der Waals surface area contributed by atoms with Crippen LogP contribution in [0.5, 0.6) is 11.5 Å². The van der Waals surface area contributed by atoms with Gasteiger partial charge in [-0.2, -0.15) is 0 Å². The number of nitrogens with one attached hydrogen (secondary N) is 3. The van der Waals surface area contributed by atoms with Gasteiger partial charge >= 0.3 is 0 Å². The molecule has 1 fully saturated rings. The highest BCUT2D eigenvalue weighted by Crippen LogP contribution is 2.34. The minimum atomic E-state index is -0.143. The fraction of sp³-hybridized carbons (Fsp3) is 0.391. The number of hydrogen-bond donors (Lipinski definition) is 3. The topological polar surface area (TPSA) is 84.0 Å². The minimum Gasteiger partial charge on any atom is -0.493 e. The molecule has 2 aromatic carbocycles. The molecule has 1 aliphatic rings. The molecule has 0 aliphatic heterocycles. The molecule has 0 aromatic heterocycles. The Kier molecular flexibility index (Phi) is 7.94. The van der Waals surface area contributed by atoms with E-state index in [-0.39, 0.29) is 18.6 Å². The minimum absolute atomic E-state index is 0.109. The number of anilines is 1. The van der Waals surface area contributed by atoms with Crippen LogP contribution in [-0.4, -0.2) is 38.7 Å². The van der Waals surface area contributed by atoms with Crippen LogP contribution < -0.4 is 25.4 Å². The third-order valence-electron chi connectivity index (χ3n) is 5.01. The fourth-order valence-corrected chi connectivity index (χ4v) is 3.46. The molecule has 1 amide bonds. The molecular formula is C23H30N4O3. The standard InChI is InChI=1S/C23H30N4O3/c1-24-23(26-16-21(28)27-18-10-4-3-5-11-18)25-15-17-9-8-14-20(29-2)22(17)30-19-12-6-7-13-19/h3-5,8-11,14,19H,6-7,12-13,15-16H2,1-2H3,(H,27,28)(H2,24,25,26). The van der Waals surface area contributed by atoms with Crippen LogP contribution in [0, 0.1) is 0 Å². The third kappa shape index (κ3) is 6.14. The lowest BCUT2D eigenvalue weighted by Crippen LogP contribution is -2.41. The van der Waals surface area contributed by atoms with Crippen LogP contribution in [0.1, 0.15) is 31.2 Å². The predicted octanol–water partition coefficient (Wildman–Crippen LogP) is 3.32. The molecular weight excluding hydrogens is 380 g/mol. The first-order chi connectivity index (χ1) is 14.7. The largest absolute Gasteiger partial charge is 0.493 e. The van der Waals surface area contributed by atoms with Gasteiger partial charge < -0.3 is 25.4 Å². The smallest absolute Gasteiger partial charge is 0.243 e. The average Bonchev–Trinajstić information content (AvgIpc) is 3.28. The van der Waals surface area contributed by atoms with Crippen molar-refractivity contribution in [2.75, 3.05) is 26.0 Å². The van der Waals surface area contributed by atoms with Crippen molar-refractivity contribution in [1.29, 1.82) is 0 Å². The van der Waals surface area contributed by atoms with Gasteiger partial charge in [0.25, 0.3) is 0 Å². The Morgan fingerprint density at radius 3 is 2.53 bits per heavy atom. The summed E-state index contributed by atoms with van der Waals surface area (Å²) >= 11 is 0. The summed E-state index contributed by atoms with van der Waals surface area (Å²) in [6, 6.07) is 15.2. The first kappa shape index (κ1) is 21.5. The highest BCUT2D eigenvalue weighted by Gasteiger charge is 2.20. The summed E-state index contributed by atoms with van der Waals surface area (Å²) in [5.41, 5.74) is 1.75. The lowest BCUT2D eigenvalue weighted by atomic mass is 10.1. The quantitative estimate of drug-likeness (QED) is 0.459. The monoisotopic (exact) mass is 410 g/mol. The molecule has 30 heavy (non-hydrogen) atoms. The van der Waals surface area contributed by atoms with Gasteiger partial charge in [0.2, 0.25) is 5.91 Å². The Morgan fingerprint density at radius 2 is 1.83 bits per heavy atom. The number of guanidine groups is 1. The molecule has 0 atom stereocenters. The van der Waals surface area contributed by atoms with Crippen molar-refractivity contribution in [3.63, 3.8) is 0 Å². The maximum atomic E-state index is 12.1. The number of amides is 1. The van der Waals surface area contributed by atoms with Crippen molar-refractivity contribution in [2.24, 2.45) is 4.99 Å². The molecule has 0 unspecified atom stereocenters. The van der Waals surface area contributed by atoms with Gasteiger partial charge in [-0.15, -0.1) is 0 Å². The lowest BCUT2D eigenvalue weighted by molar-refractivity contribution is -0.115. The van der Waals surface area contributed by atoms with E-state index in [1.54, 1.807) is 14.2 Å². The molecule has 1 aliphatic carbocycles. The van der Waals surface area contributed by atoms with Gasteiger partial charge in [0, 0.05) is 24.8 Å². The number of rotatable bonds is 8. The van der Waals surface area contributed by atoms with E-state index in [0.29, 0.717) is 12.5 Å². The Hall–Kier alpha value is -3.22. The molecule has 0 radical (unpaired) electrons. The second-order valence-electron chi connectivity index (χ2n) is 7.17. The Balaban J connectivity index is 1.55. The number of benzene rings is 2. The van der Waals surface area contributed by atoms with Gasteiger partial charge in [-0.3, -0.25) is 9.79 Å². The fourth-order valence-electron chi connectivity index (χ4n) is 3.46. The zero-order chi connectivity index (χ0) is 21.2. The molecule has 0 saturated heterocycles. The van der Waals surface area contributed by atoms with Crippen molar-refractivity contribution in [1.82, 2.24) is 10.6 Å². The van der Waals surface area contributed by atoms with Crippen LogP contribution >= 0.6 is 0 Å². The summed E-state index contributed by atoms with van der Waals surface area (Å²) in [7, 11) is 3.33. The van der Waals surface area contributed by atoms with E-state index in [1.165, 1.54) is 12.8 Å². The van der Waals surface area contributed by atoms with Crippen LogP contribution in [-0.2, 0) is 11.3 Å². The summed E-state index contributed by atoms with van der Waals surface area (Å²) in [4.78, 5) is 16.3. The van der Waals surface area contributed by atoms with Crippen molar-refractivity contribution in [2.45, 2.75) is 38.3 Å². The van der Waals surface area contributed by atoms with E-state index in [9.17, 15) is 4.79 Å². The summed E-state index contributed by atoms with van der Waals surface area (Å²) in [6.07, 6.45) is 4.79. The number of carbonyl (C=O) groups excluding carboxylic acids is 1.